The Bertz CT molecular complexity index is 1310. The maximum atomic E-state index is 13.9. The predicted octanol–water partition coefficient (Wildman–Crippen LogP) is 1.80. The molecule has 0 radical (unpaired) electrons. The second-order valence-corrected chi connectivity index (χ2v) is 8.21. The van der Waals surface area contributed by atoms with Crippen molar-refractivity contribution in [3.63, 3.8) is 0 Å². The number of amides is 3. The lowest BCUT2D eigenvalue weighted by atomic mass is 9.96. The Hall–Kier alpha value is -4.05. The Morgan fingerprint density at radius 3 is 2.68 bits per heavy atom. The molecule has 10 heteroatoms. The molecular weight excluding hydrogens is 448 g/mol. The summed E-state index contributed by atoms with van der Waals surface area (Å²) in [5.41, 5.74) is 0.620. The summed E-state index contributed by atoms with van der Waals surface area (Å²) >= 11 is 0. The molecule has 3 amide bonds. The molecule has 5 rings (SSSR count). The summed E-state index contributed by atoms with van der Waals surface area (Å²) in [6.07, 6.45) is 0.116. The summed E-state index contributed by atoms with van der Waals surface area (Å²) in [4.78, 5) is 41.4. The fourth-order valence-corrected chi connectivity index (χ4v) is 4.48. The van der Waals surface area contributed by atoms with Crippen molar-refractivity contribution in [3.8, 4) is 0 Å². The van der Waals surface area contributed by atoms with Gasteiger partial charge in [0.25, 0.3) is 17.7 Å². The highest BCUT2D eigenvalue weighted by Crippen LogP contribution is 2.39. The number of benzene rings is 2. The van der Waals surface area contributed by atoms with Crippen LogP contribution in [0.1, 0.15) is 17.5 Å². The molecule has 2 atom stereocenters. The normalized spacial score (nSPS) is 21.6. The fraction of sp³-hybridized carbons (Fsp3) is 0.208. The Morgan fingerprint density at radius 1 is 1.15 bits per heavy atom. The molecule has 0 saturated carbocycles. The van der Waals surface area contributed by atoms with Crippen LogP contribution in [0.25, 0.3) is 0 Å². The molecule has 2 aromatic carbocycles. The number of imide groups is 1. The molecule has 2 unspecified atom stereocenters. The van der Waals surface area contributed by atoms with Crippen LogP contribution >= 0.6 is 0 Å². The molecular formula is C24H19F2N3O5. The summed E-state index contributed by atoms with van der Waals surface area (Å²) in [5, 5.41) is 23.7. The van der Waals surface area contributed by atoms with E-state index in [1.807, 2.05) is 6.07 Å². The predicted molar refractivity (Wildman–Crippen MR) is 115 cm³/mol. The van der Waals surface area contributed by atoms with E-state index >= 15 is 0 Å². The smallest absolute Gasteiger partial charge is 0.285 e. The SMILES string of the molecule is O=C(NCc1ccc(F)cc1F)C1=CN2C(=C(O)C1O)C(=O)N1C(=O)C2CCc2ccccc21. The third-order valence-corrected chi connectivity index (χ3v) is 6.22. The van der Waals surface area contributed by atoms with E-state index in [1.165, 1.54) is 17.2 Å². The maximum absolute atomic E-state index is 13.9. The highest BCUT2D eigenvalue weighted by atomic mass is 19.1. The number of aryl methyl sites for hydroxylation is 1. The number of hydrogen-bond acceptors (Lipinski definition) is 6. The van der Waals surface area contributed by atoms with Crippen LogP contribution in [0.5, 0.6) is 0 Å². The van der Waals surface area contributed by atoms with Gasteiger partial charge < -0.3 is 20.4 Å². The molecule has 1 fully saturated rings. The lowest BCUT2D eigenvalue weighted by molar-refractivity contribution is -0.132. The van der Waals surface area contributed by atoms with E-state index in [9.17, 15) is 33.4 Å². The summed E-state index contributed by atoms with van der Waals surface area (Å²) in [7, 11) is 0. The second kappa shape index (κ2) is 8.07. The van der Waals surface area contributed by atoms with Crippen molar-refractivity contribution in [1.29, 1.82) is 0 Å². The minimum absolute atomic E-state index is 0.0154. The number of nitrogens with one attached hydrogen (secondary N) is 1. The third kappa shape index (κ3) is 3.34. The van der Waals surface area contributed by atoms with Crippen LogP contribution in [0.2, 0.25) is 0 Å². The number of fused-ring (bicyclic) bond motifs is 6. The lowest BCUT2D eigenvalue weighted by Crippen LogP contribution is -2.58. The summed E-state index contributed by atoms with van der Waals surface area (Å²) in [6.45, 7) is -0.309. The maximum Gasteiger partial charge on any atom is 0.285 e. The van der Waals surface area contributed by atoms with Gasteiger partial charge >= 0.3 is 0 Å². The molecule has 2 aromatic rings. The molecule has 3 N–H and O–H groups in total. The van der Waals surface area contributed by atoms with Crippen LogP contribution in [0.15, 0.2) is 65.7 Å². The Kier molecular flexibility index (Phi) is 5.17. The molecule has 0 aromatic heterocycles. The van der Waals surface area contributed by atoms with Crippen LogP contribution in [0.4, 0.5) is 14.5 Å². The Morgan fingerprint density at radius 2 is 1.91 bits per heavy atom. The van der Waals surface area contributed by atoms with Gasteiger partial charge in [0.15, 0.2) is 5.76 Å². The van der Waals surface area contributed by atoms with E-state index in [0.29, 0.717) is 24.6 Å². The number of carbonyl (C=O) groups excluding carboxylic acids is 3. The minimum atomic E-state index is -1.83. The average Bonchev–Trinajstić information content (AvgIpc) is 2.92. The zero-order valence-corrected chi connectivity index (χ0v) is 17.7. The molecule has 3 aliphatic rings. The molecule has 174 valence electrons. The fourth-order valence-electron chi connectivity index (χ4n) is 4.48. The zero-order valence-electron chi connectivity index (χ0n) is 17.7. The quantitative estimate of drug-likeness (QED) is 0.594. The standard InChI is InChI=1S/C24H19F2N3O5/c25-14-7-5-13(16(26)9-14)10-27-22(32)15-11-28-18-8-6-12-3-1-2-4-17(12)29(23(18)33)24(34)19(28)21(31)20(15)30/h1-5,7,9,11,18,20,30-31H,6,8,10H2,(H,27,32). The zero-order chi connectivity index (χ0) is 24.1. The van der Waals surface area contributed by atoms with Gasteiger partial charge in [0.2, 0.25) is 0 Å². The molecule has 1 saturated heterocycles. The number of rotatable bonds is 3. The van der Waals surface area contributed by atoms with Gasteiger partial charge in [-0.2, -0.15) is 0 Å². The average molecular weight is 467 g/mol. The van der Waals surface area contributed by atoms with Gasteiger partial charge in [0, 0.05) is 24.4 Å². The number of aliphatic hydroxyl groups is 2. The van der Waals surface area contributed by atoms with Crippen LogP contribution in [0.3, 0.4) is 0 Å². The number of nitrogens with zero attached hydrogens (tertiary/aromatic N) is 2. The van der Waals surface area contributed by atoms with E-state index in [-0.39, 0.29) is 23.4 Å². The third-order valence-electron chi connectivity index (χ3n) is 6.22. The number of para-hydroxylation sites is 1. The summed E-state index contributed by atoms with van der Waals surface area (Å²) in [6, 6.07) is 8.95. The van der Waals surface area contributed by atoms with Gasteiger partial charge in [0.05, 0.1) is 11.3 Å². The second-order valence-electron chi connectivity index (χ2n) is 8.21. The highest BCUT2D eigenvalue weighted by molar-refractivity contribution is 6.25. The first kappa shape index (κ1) is 21.8. The van der Waals surface area contributed by atoms with Crippen molar-refractivity contribution in [1.82, 2.24) is 10.2 Å². The largest absolute Gasteiger partial charge is 0.507 e. The molecule has 3 heterocycles. The van der Waals surface area contributed by atoms with Gasteiger partial charge in [-0.25, -0.2) is 13.7 Å². The summed E-state index contributed by atoms with van der Waals surface area (Å²) in [5.74, 6) is -4.54. The van der Waals surface area contributed by atoms with Gasteiger partial charge in [-0.05, 0) is 30.5 Å². The van der Waals surface area contributed by atoms with Crippen molar-refractivity contribution in [2.45, 2.75) is 31.5 Å². The van der Waals surface area contributed by atoms with Crippen LogP contribution in [0, 0.1) is 11.6 Å². The molecule has 34 heavy (non-hydrogen) atoms. The lowest BCUT2D eigenvalue weighted by Gasteiger charge is -2.41. The van der Waals surface area contributed by atoms with Crippen molar-refractivity contribution in [2.75, 3.05) is 4.90 Å². The first-order valence-corrected chi connectivity index (χ1v) is 10.6. The number of carbonyl (C=O) groups is 3. The minimum Gasteiger partial charge on any atom is -0.507 e. The van der Waals surface area contributed by atoms with E-state index in [0.717, 1.165) is 16.5 Å². The van der Waals surface area contributed by atoms with E-state index < -0.39 is 47.3 Å². The van der Waals surface area contributed by atoms with Crippen molar-refractivity contribution < 1.29 is 33.4 Å². The van der Waals surface area contributed by atoms with Crippen LogP contribution in [-0.2, 0) is 27.3 Å². The first-order chi connectivity index (χ1) is 16.3. The van der Waals surface area contributed by atoms with E-state index in [2.05, 4.69) is 5.32 Å². The van der Waals surface area contributed by atoms with Gasteiger partial charge in [-0.15, -0.1) is 0 Å². The van der Waals surface area contributed by atoms with Gasteiger partial charge in [-0.3, -0.25) is 14.4 Å². The van der Waals surface area contributed by atoms with Crippen LogP contribution in [-0.4, -0.2) is 45.0 Å². The number of piperazine rings is 1. The number of halogens is 2. The highest BCUT2D eigenvalue weighted by Gasteiger charge is 2.49. The topological polar surface area (TPSA) is 110 Å². The van der Waals surface area contributed by atoms with E-state index in [1.54, 1.807) is 18.2 Å². The summed E-state index contributed by atoms with van der Waals surface area (Å²) < 4.78 is 27.0. The molecule has 0 spiro atoms. The van der Waals surface area contributed by atoms with E-state index in [4.69, 9.17) is 0 Å². The monoisotopic (exact) mass is 467 g/mol. The Balaban J connectivity index is 1.46. The van der Waals surface area contributed by atoms with Crippen molar-refractivity contribution in [3.05, 3.63) is 88.5 Å². The number of anilines is 1. The van der Waals surface area contributed by atoms with Crippen LogP contribution < -0.4 is 10.2 Å². The van der Waals surface area contributed by atoms with Crippen molar-refractivity contribution >= 4 is 23.4 Å². The van der Waals surface area contributed by atoms with Crippen molar-refractivity contribution in [2.24, 2.45) is 0 Å². The first-order valence-electron chi connectivity index (χ1n) is 10.6. The molecule has 0 aliphatic carbocycles. The number of aliphatic hydroxyl groups excluding tert-OH is 2. The molecule has 3 aliphatic heterocycles. The molecule has 8 nitrogen and oxygen atoms in total. The molecule has 2 bridgehead atoms. The Labute approximate surface area is 192 Å². The van der Waals surface area contributed by atoms with Gasteiger partial charge in [-0.1, -0.05) is 24.3 Å². The van der Waals surface area contributed by atoms with Gasteiger partial charge in [0.1, 0.15) is 29.5 Å². The number of hydrogen-bond donors (Lipinski definition) is 3.